The summed E-state index contributed by atoms with van der Waals surface area (Å²) < 4.78 is 0.456. The quantitative estimate of drug-likeness (QED) is 0.714. The summed E-state index contributed by atoms with van der Waals surface area (Å²) in [6.45, 7) is 4.79. The van der Waals surface area contributed by atoms with Crippen LogP contribution in [0.2, 0.25) is 0 Å². The highest BCUT2D eigenvalue weighted by atomic mass is 32.1. The Morgan fingerprint density at radius 1 is 1.18 bits per heavy atom. The van der Waals surface area contributed by atoms with Gasteiger partial charge >= 0.3 is 0 Å². The van der Waals surface area contributed by atoms with Crippen molar-refractivity contribution in [3.8, 4) is 0 Å². The van der Waals surface area contributed by atoms with Gasteiger partial charge in [-0.05, 0) is 30.2 Å². The molecule has 1 atom stereocenters. The standard InChI is InChI=1S/C17H21N3OS/c1-12(2)15(20-13-7-4-3-5-8-13)11-19-16(21)14-9-6-10-18-17(14)22/h3-10,12,15,20H,11H2,1-2H3,(H,18,22)(H,19,21). The van der Waals surface area contributed by atoms with Crippen LogP contribution in [0.25, 0.3) is 0 Å². The van der Waals surface area contributed by atoms with E-state index in [1.807, 2.05) is 30.3 Å². The highest BCUT2D eigenvalue weighted by molar-refractivity contribution is 7.71. The number of H-pyrrole nitrogens is 1. The van der Waals surface area contributed by atoms with Gasteiger partial charge in [0.2, 0.25) is 0 Å². The third kappa shape index (κ3) is 4.43. The number of aromatic nitrogens is 1. The van der Waals surface area contributed by atoms with Gasteiger partial charge in [0.25, 0.3) is 5.91 Å². The largest absolute Gasteiger partial charge is 0.380 e. The normalized spacial score (nSPS) is 12.0. The number of pyridine rings is 1. The molecule has 0 aliphatic rings. The third-order valence-electron chi connectivity index (χ3n) is 3.48. The molecule has 0 saturated carbocycles. The highest BCUT2D eigenvalue weighted by Gasteiger charge is 2.15. The van der Waals surface area contributed by atoms with Crippen LogP contribution in [-0.2, 0) is 0 Å². The number of benzene rings is 1. The van der Waals surface area contributed by atoms with E-state index in [2.05, 4.69) is 29.5 Å². The van der Waals surface area contributed by atoms with Gasteiger partial charge in [-0.25, -0.2) is 0 Å². The SMILES string of the molecule is CC(C)C(CNC(=O)c1ccc[nH]c1=S)Nc1ccccc1. The number of anilines is 1. The van der Waals surface area contributed by atoms with Gasteiger partial charge in [-0.1, -0.05) is 44.3 Å². The first kappa shape index (κ1) is 16.2. The number of carbonyl (C=O) groups excluding carboxylic acids is 1. The molecule has 4 nitrogen and oxygen atoms in total. The Labute approximate surface area is 136 Å². The summed E-state index contributed by atoms with van der Waals surface area (Å²) in [7, 11) is 0. The van der Waals surface area contributed by atoms with Gasteiger partial charge in [0.05, 0.1) is 5.56 Å². The minimum atomic E-state index is -0.151. The maximum atomic E-state index is 12.2. The number of aromatic amines is 1. The van der Waals surface area contributed by atoms with Crippen molar-refractivity contribution in [2.45, 2.75) is 19.9 Å². The third-order valence-corrected chi connectivity index (χ3v) is 3.81. The fourth-order valence-electron chi connectivity index (χ4n) is 2.10. The average Bonchev–Trinajstić information content (AvgIpc) is 2.52. The summed E-state index contributed by atoms with van der Waals surface area (Å²) >= 11 is 5.13. The van der Waals surface area contributed by atoms with E-state index in [1.165, 1.54) is 0 Å². The molecule has 2 rings (SSSR count). The van der Waals surface area contributed by atoms with Crippen LogP contribution in [0.4, 0.5) is 5.69 Å². The Balaban J connectivity index is 1.99. The van der Waals surface area contributed by atoms with Gasteiger partial charge in [0.1, 0.15) is 4.64 Å². The lowest BCUT2D eigenvalue weighted by molar-refractivity contribution is 0.0949. The Morgan fingerprint density at radius 3 is 2.55 bits per heavy atom. The van der Waals surface area contributed by atoms with Crippen LogP contribution in [0.15, 0.2) is 48.7 Å². The average molecular weight is 315 g/mol. The van der Waals surface area contributed by atoms with Crippen molar-refractivity contribution >= 4 is 23.8 Å². The van der Waals surface area contributed by atoms with E-state index in [-0.39, 0.29) is 11.9 Å². The molecule has 0 bridgehead atoms. The molecule has 0 spiro atoms. The zero-order valence-corrected chi connectivity index (χ0v) is 13.6. The topological polar surface area (TPSA) is 56.9 Å². The summed E-state index contributed by atoms with van der Waals surface area (Å²) in [5.41, 5.74) is 1.55. The second-order valence-corrected chi connectivity index (χ2v) is 5.89. The van der Waals surface area contributed by atoms with Gasteiger partial charge in [0.15, 0.2) is 0 Å². The molecule has 22 heavy (non-hydrogen) atoms. The fraction of sp³-hybridized carbons (Fsp3) is 0.294. The molecule has 1 heterocycles. The van der Waals surface area contributed by atoms with Crippen molar-refractivity contribution < 1.29 is 4.79 Å². The molecule has 1 amide bonds. The van der Waals surface area contributed by atoms with Gasteiger partial charge in [0, 0.05) is 24.5 Å². The molecule has 116 valence electrons. The Kier molecular flexibility index (Phi) is 5.72. The highest BCUT2D eigenvalue weighted by Crippen LogP contribution is 2.12. The van der Waals surface area contributed by atoms with Crippen molar-refractivity contribution in [1.82, 2.24) is 10.3 Å². The van der Waals surface area contributed by atoms with Gasteiger partial charge in [-0.3, -0.25) is 4.79 Å². The van der Waals surface area contributed by atoms with E-state index < -0.39 is 0 Å². The molecule has 0 saturated heterocycles. The van der Waals surface area contributed by atoms with Crippen LogP contribution in [-0.4, -0.2) is 23.5 Å². The summed E-state index contributed by atoms with van der Waals surface area (Å²) in [5, 5.41) is 6.40. The zero-order valence-electron chi connectivity index (χ0n) is 12.8. The minimum Gasteiger partial charge on any atom is -0.380 e. The first-order valence-electron chi connectivity index (χ1n) is 7.35. The molecular weight excluding hydrogens is 294 g/mol. The lowest BCUT2D eigenvalue weighted by atomic mass is 10.0. The lowest BCUT2D eigenvalue weighted by Crippen LogP contribution is -2.39. The molecule has 1 aromatic heterocycles. The molecule has 5 heteroatoms. The van der Waals surface area contributed by atoms with Crippen molar-refractivity contribution in [3.05, 3.63) is 58.9 Å². The van der Waals surface area contributed by atoms with E-state index in [0.29, 0.717) is 22.7 Å². The number of nitrogens with one attached hydrogen (secondary N) is 3. The Hall–Kier alpha value is -2.14. The molecule has 0 aliphatic carbocycles. The second kappa shape index (κ2) is 7.75. The number of amides is 1. The van der Waals surface area contributed by atoms with Crippen LogP contribution in [0.5, 0.6) is 0 Å². The molecule has 1 unspecified atom stereocenters. The van der Waals surface area contributed by atoms with Gasteiger partial charge in [-0.2, -0.15) is 0 Å². The van der Waals surface area contributed by atoms with Crippen LogP contribution in [0, 0.1) is 10.6 Å². The van der Waals surface area contributed by atoms with E-state index in [0.717, 1.165) is 5.69 Å². The van der Waals surface area contributed by atoms with E-state index in [1.54, 1.807) is 18.3 Å². The predicted molar refractivity (Wildman–Crippen MR) is 92.7 cm³/mol. The van der Waals surface area contributed by atoms with E-state index >= 15 is 0 Å². The maximum absolute atomic E-state index is 12.2. The zero-order chi connectivity index (χ0) is 15.9. The van der Waals surface area contributed by atoms with Crippen molar-refractivity contribution in [1.29, 1.82) is 0 Å². The number of hydrogen-bond donors (Lipinski definition) is 3. The van der Waals surface area contributed by atoms with Gasteiger partial charge < -0.3 is 15.6 Å². The number of carbonyl (C=O) groups is 1. The van der Waals surface area contributed by atoms with E-state index in [9.17, 15) is 4.79 Å². The van der Waals surface area contributed by atoms with Crippen LogP contribution in [0.3, 0.4) is 0 Å². The molecule has 2 aromatic rings. The first-order valence-corrected chi connectivity index (χ1v) is 7.76. The predicted octanol–water partition coefficient (Wildman–Crippen LogP) is 3.61. The molecule has 3 N–H and O–H groups in total. The smallest absolute Gasteiger partial charge is 0.254 e. The lowest BCUT2D eigenvalue weighted by Gasteiger charge is -2.24. The van der Waals surface area contributed by atoms with Crippen molar-refractivity contribution in [2.24, 2.45) is 5.92 Å². The fourth-order valence-corrected chi connectivity index (χ4v) is 2.33. The number of hydrogen-bond acceptors (Lipinski definition) is 3. The summed E-state index contributed by atoms with van der Waals surface area (Å²) in [6.07, 6.45) is 1.72. The van der Waals surface area contributed by atoms with Crippen LogP contribution >= 0.6 is 12.2 Å². The molecule has 0 aliphatic heterocycles. The summed E-state index contributed by atoms with van der Waals surface area (Å²) in [4.78, 5) is 15.1. The Bertz CT molecular complexity index is 667. The summed E-state index contributed by atoms with van der Waals surface area (Å²) in [5.74, 6) is 0.230. The molecule has 1 aromatic carbocycles. The number of rotatable bonds is 6. The molecule has 0 fully saturated rings. The van der Waals surface area contributed by atoms with E-state index in [4.69, 9.17) is 12.2 Å². The minimum absolute atomic E-state index is 0.146. The van der Waals surface area contributed by atoms with Crippen LogP contribution < -0.4 is 10.6 Å². The maximum Gasteiger partial charge on any atom is 0.254 e. The van der Waals surface area contributed by atoms with Crippen molar-refractivity contribution in [2.75, 3.05) is 11.9 Å². The summed E-state index contributed by atoms with van der Waals surface area (Å²) in [6, 6.07) is 13.6. The monoisotopic (exact) mass is 315 g/mol. The molecular formula is C17H21N3OS. The van der Waals surface area contributed by atoms with Gasteiger partial charge in [-0.15, -0.1) is 0 Å². The van der Waals surface area contributed by atoms with Crippen LogP contribution in [0.1, 0.15) is 24.2 Å². The Morgan fingerprint density at radius 2 is 1.91 bits per heavy atom. The first-order chi connectivity index (χ1) is 10.6. The molecule has 0 radical (unpaired) electrons. The second-order valence-electron chi connectivity index (χ2n) is 5.48. The van der Waals surface area contributed by atoms with Crippen molar-refractivity contribution in [3.63, 3.8) is 0 Å². The number of para-hydroxylation sites is 1.